The number of thioether (sulfide) groups is 1. The molecule has 1 aromatic carbocycles. The molecule has 0 saturated heterocycles. The Balaban J connectivity index is 2.45. The van der Waals surface area contributed by atoms with Crippen molar-refractivity contribution in [1.29, 1.82) is 5.26 Å². The van der Waals surface area contributed by atoms with Gasteiger partial charge in [0.25, 0.3) is 0 Å². The summed E-state index contributed by atoms with van der Waals surface area (Å²) in [5.74, 6) is 1.15. The largest absolute Gasteiger partial charge is 0.241 e. The van der Waals surface area contributed by atoms with Crippen LogP contribution in [0.25, 0.3) is 0 Å². The van der Waals surface area contributed by atoms with E-state index in [2.05, 4.69) is 11.0 Å². The molecule has 0 fully saturated rings. The Morgan fingerprint density at radius 1 is 1.20 bits per heavy atom. The van der Waals surface area contributed by atoms with Crippen molar-refractivity contribution in [3.05, 3.63) is 29.8 Å². The van der Waals surface area contributed by atoms with Crippen LogP contribution in [-0.2, 0) is 10.0 Å². The van der Waals surface area contributed by atoms with Crippen LogP contribution in [0, 0.1) is 11.3 Å². The minimum absolute atomic E-state index is 0.0601. The molecule has 0 unspecified atom stereocenters. The minimum Gasteiger partial charge on any atom is -0.211 e. The standard InChI is InChI=1S/C14H20N2O2S2/c1-19-11-7-3-2-6-10-16-20(17,18)14-9-5-4-8-13(14)12-15/h4-5,8-9,16H,2-3,6-7,10-11H2,1H3. The molecule has 0 heterocycles. The average Bonchev–Trinajstić information content (AvgIpc) is 2.46. The van der Waals surface area contributed by atoms with Gasteiger partial charge in [-0.3, -0.25) is 0 Å². The van der Waals surface area contributed by atoms with Gasteiger partial charge >= 0.3 is 0 Å². The Labute approximate surface area is 125 Å². The van der Waals surface area contributed by atoms with Crippen LogP contribution < -0.4 is 4.72 Å². The molecule has 4 nitrogen and oxygen atoms in total. The van der Waals surface area contributed by atoms with Crippen molar-refractivity contribution in [1.82, 2.24) is 4.72 Å². The van der Waals surface area contributed by atoms with E-state index in [4.69, 9.17) is 5.26 Å². The van der Waals surface area contributed by atoms with E-state index in [-0.39, 0.29) is 10.5 Å². The highest BCUT2D eigenvalue weighted by atomic mass is 32.2. The van der Waals surface area contributed by atoms with Gasteiger partial charge in [-0.05, 0) is 37.0 Å². The molecule has 110 valence electrons. The fraction of sp³-hybridized carbons (Fsp3) is 0.500. The van der Waals surface area contributed by atoms with Crippen LogP contribution in [0.15, 0.2) is 29.2 Å². The zero-order valence-electron chi connectivity index (χ0n) is 11.6. The molecule has 1 N–H and O–H groups in total. The molecule has 1 aromatic rings. The van der Waals surface area contributed by atoms with Gasteiger partial charge in [-0.15, -0.1) is 0 Å². The maximum Gasteiger partial charge on any atom is 0.241 e. The summed E-state index contributed by atoms with van der Waals surface area (Å²) in [7, 11) is -3.58. The van der Waals surface area contributed by atoms with Crippen LogP contribution in [0.5, 0.6) is 0 Å². The highest BCUT2D eigenvalue weighted by Crippen LogP contribution is 2.14. The first-order valence-electron chi connectivity index (χ1n) is 6.59. The van der Waals surface area contributed by atoms with Gasteiger partial charge in [-0.2, -0.15) is 17.0 Å². The van der Waals surface area contributed by atoms with Crippen molar-refractivity contribution < 1.29 is 8.42 Å². The van der Waals surface area contributed by atoms with Gasteiger partial charge in [-0.1, -0.05) is 25.0 Å². The molecule has 0 aliphatic rings. The zero-order chi connectivity index (χ0) is 14.8. The summed E-state index contributed by atoms with van der Waals surface area (Å²) < 4.78 is 26.7. The number of hydrogen-bond donors (Lipinski definition) is 1. The van der Waals surface area contributed by atoms with Crippen molar-refractivity contribution in [3.8, 4) is 6.07 Å². The van der Waals surface area contributed by atoms with Gasteiger partial charge in [-0.25, -0.2) is 13.1 Å². The average molecular weight is 312 g/mol. The Kier molecular flexibility index (Phi) is 7.67. The third-order valence-electron chi connectivity index (χ3n) is 2.86. The number of unbranched alkanes of at least 4 members (excludes halogenated alkanes) is 3. The Morgan fingerprint density at radius 3 is 2.60 bits per heavy atom. The highest BCUT2D eigenvalue weighted by Gasteiger charge is 2.16. The Hall–Kier alpha value is -1.03. The van der Waals surface area contributed by atoms with Gasteiger partial charge in [0.15, 0.2) is 0 Å². The normalized spacial score (nSPS) is 11.2. The van der Waals surface area contributed by atoms with Gasteiger partial charge in [0.05, 0.1) is 10.5 Å². The maximum absolute atomic E-state index is 12.1. The summed E-state index contributed by atoms with van der Waals surface area (Å²) in [6, 6.07) is 8.15. The van der Waals surface area contributed by atoms with Gasteiger partial charge in [0.1, 0.15) is 6.07 Å². The predicted molar refractivity (Wildman–Crippen MR) is 83.2 cm³/mol. The molecule has 0 radical (unpaired) electrons. The van der Waals surface area contributed by atoms with Crippen LogP contribution in [0.3, 0.4) is 0 Å². The second-order valence-electron chi connectivity index (χ2n) is 4.41. The van der Waals surface area contributed by atoms with Crippen LogP contribution >= 0.6 is 11.8 Å². The van der Waals surface area contributed by atoms with E-state index >= 15 is 0 Å². The number of sulfonamides is 1. The third kappa shape index (κ3) is 5.53. The van der Waals surface area contributed by atoms with Gasteiger partial charge < -0.3 is 0 Å². The molecule has 0 bridgehead atoms. The number of nitrogens with one attached hydrogen (secondary N) is 1. The lowest BCUT2D eigenvalue weighted by molar-refractivity contribution is 0.573. The van der Waals surface area contributed by atoms with E-state index in [0.717, 1.165) is 25.0 Å². The number of rotatable bonds is 9. The zero-order valence-corrected chi connectivity index (χ0v) is 13.3. The van der Waals surface area contributed by atoms with Crippen LogP contribution in [0.1, 0.15) is 31.2 Å². The highest BCUT2D eigenvalue weighted by molar-refractivity contribution is 7.98. The fourth-order valence-corrected chi connectivity index (χ4v) is 3.52. The summed E-state index contributed by atoms with van der Waals surface area (Å²) in [5, 5.41) is 8.93. The molecule has 0 aliphatic carbocycles. The number of benzene rings is 1. The number of nitrogens with zero attached hydrogens (tertiary/aromatic N) is 1. The topological polar surface area (TPSA) is 70.0 Å². The van der Waals surface area contributed by atoms with E-state index in [1.807, 2.05) is 17.8 Å². The van der Waals surface area contributed by atoms with E-state index in [1.165, 1.54) is 18.6 Å². The molecule has 0 amide bonds. The van der Waals surface area contributed by atoms with Crippen molar-refractivity contribution in [3.63, 3.8) is 0 Å². The first kappa shape index (κ1) is 17.0. The SMILES string of the molecule is CSCCCCCCNS(=O)(=O)c1ccccc1C#N. The second-order valence-corrected chi connectivity index (χ2v) is 7.13. The summed E-state index contributed by atoms with van der Waals surface area (Å²) in [4.78, 5) is 0.0601. The Morgan fingerprint density at radius 2 is 1.90 bits per heavy atom. The number of nitriles is 1. The summed E-state index contributed by atoms with van der Waals surface area (Å²) in [6.07, 6.45) is 6.22. The van der Waals surface area contributed by atoms with Crippen LogP contribution in [-0.4, -0.2) is 27.0 Å². The summed E-state index contributed by atoms with van der Waals surface area (Å²) in [5.41, 5.74) is 0.181. The Bertz CT molecular complexity index is 551. The molecule has 1 rings (SSSR count). The first-order chi connectivity index (χ1) is 9.61. The van der Waals surface area contributed by atoms with Crippen LogP contribution in [0.4, 0.5) is 0 Å². The third-order valence-corrected chi connectivity index (χ3v) is 5.08. The lowest BCUT2D eigenvalue weighted by atomic mass is 10.2. The van der Waals surface area contributed by atoms with Gasteiger partial charge in [0.2, 0.25) is 10.0 Å². The molecule has 6 heteroatoms. The predicted octanol–water partition coefficient (Wildman–Crippen LogP) is 2.76. The van der Waals surface area contributed by atoms with Crippen molar-refractivity contribution in [2.24, 2.45) is 0 Å². The molecule has 0 aromatic heterocycles. The quantitative estimate of drug-likeness (QED) is 0.712. The summed E-state index contributed by atoms with van der Waals surface area (Å²) in [6.45, 7) is 0.418. The van der Waals surface area contributed by atoms with Crippen molar-refractivity contribution >= 4 is 21.8 Å². The lowest BCUT2D eigenvalue weighted by Crippen LogP contribution is -2.25. The molecule has 0 aliphatic heterocycles. The molecule has 20 heavy (non-hydrogen) atoms. The summed E-state index contributed by atoms with van der Waals surface area (Å²) >= 11 is 1.83. The maximum atomic E-state index is 12.1. The van der Waals surface area contributed by atoms with Crippen molar-refractivity contribution in [2.45, 2.75) is 30.6 Å². The fourth-order valence-electron chi connectivity index (χ4n) is 1.80. The first-order valence-corrected chi connectivity index (χ1v) is 9.47. The molecular formula is C14H20N2O2S2. The van der Waals surface area contributed by atoms with E-state index in [1.54, 1.807) is 12.1 Å². The monoisotopic (exact) mass is 312 g/mol. The molecular weight excluding hydrogens is 292 g/mol. The number of hydrogen-bond acceptors (Lipinski definition) is 4. The van der Waals surface area contributed by atoms with E-state index in [9.17, 15) is 8.42 Å². The molecule has 0 spiro atoms. The lowest BCUT2D eigenvalue weighted by Gasteiger charge is -2.07. The smallest absolute Gasteiger partial charge is 0.211 e. The van der Waals surface area contributed by atoms with E-state index < -0.39 is 10.0 Å². The second kappa shape index (κ2) is 9.01. The van der Waals surface area contributed by atoms with Gasteiger partial charge in [0, 0.05) is 6.54 Å². The van der Waals surface area contributed by atoms with Crippen LogP contribution in [0.2, 0.25) is 0 Å². The molecule has 0 atom stereocenters. The molecule has 0 saturated carbocycles. The minimum atomic E-state index is -3.58. The van der Waals surface area contributed by atoms with E-state index in [0.29, 0.717) is 6.54 Å². The van der Waals surface area contributed by atoms with Crippen molar-refractivity contribution in [2.75, 3.05) is 18.6 Å².